The third-order valence-corrected chi connectivity index (χ3v) is 3.79. The molecule has 1 aliphatic heterocycles. The normalized spacial score (nSPS) is 19.7. The Kier molecular flexibility index (Phi) is 5.43. The molecule has 0 aliphatic carbocycles. The van der Waals surface area contributed by atoms with E-state index in [1.165, 1.54) is 24.1 Å². The molecule has 15 heavy (non-hydrogen) atoms. The van der Waals surface area contributed by atoms with Gasteiger partial charge in [-0.25, -0.2) is 0 Å². The van der Waals surface area contributed by atoms with Crippen molar-refractivity contribution in [3.63, 3.8) is 0 Å². The van der Waals surface area contributed by atoms with E-state index < -0.39 is 0 Å². The summed E-state index contributed by atoms with van der Waals surface area (Å²) >= 11 is 1.84. The molecule has 1 aliphatic rings. The van der Waals surface area contributed by atoms with E-state index in [-0.39, 0.29) is 12.4 Å². The Balaban J connectivity index is 0.00000112. The summed E-state index contributed by atoms with van der Waals surface area (Å²) in [5.74, 6) is 1.84. The highest BCUT2D eigenvalue weighted by atomic mass is 35.5. The van der Waals surface area contributed by atoms with Crippen molar-refractivity contribution in [3.8, 4) is 5.75 Å². The molecule has 0 amide bonds. The second-order valence-electron chi connectivity index (χ2n) is 3.73. The average Bonchev–Trinajstić information content (AvgIpc) is 2.58. The molecule has 1 N–H and O–H groups in total. The first kappa shape index (κ1) is 12.8. The molecular weight excluding hydrogens is 230 g/mol. The van der Waals surface area contributed by atoms with Gasteiger partial charge >= 0.3 is 0 Å². The van der Waals surface area contributed by atoms with Crippen molar-refractivity contribution in [1.29, 1.82) is 0 Å². The minimum absolute atomic E-state index is 0. The zero-order valence-electron chi connectivity index (χ0n) is 8.99. The molecule has 0 saturated heterocycles. The smallest absolute Gasteiger partial charge is 0.133 e. The summed E-state index contributed by atoms with van der Waals surface area (Å²) in [6.07, 6.45) is 3.69. The van der Waals surface area contributed by atoms with Crippen LogP contribution in [0.25, 0.3) is 0 Å². The molecule has 1 aromatic rings. The van der Waals surface area contributed by atoms with Crippen molar-refractivity contribution in [3.05, 3.63) is 16.3 Å². The summed E-state index contributed by atoms with van der Waals surface area (Å²) in [7, 11) is 2.02. The number of hydrogen-bond donors (Lipinski definition) is 1. The number of halogens is 1. The van der Waals surface area contributed by atoms with Crippen molar-refractivity contribution in [2.24, 2.45) is 0 Å². The van der Waals surface area contributed by atoms with Crippen LogP contribution in [-0.4, -0.2) is 20.2 Å². The van der Waals surface area contributed by atoms with Gasteiger partial charge in [0.1, 0.15) is 5.75 Å². The Bertz CT molecular complexity index is 290. The van der Waals surface area contributed by atoms with E-state index in [1.807, 2.05) is 18.4 Å². The quantitative estimate of drug-likeness (QED) is 0.887. The third-order valence-electron chi connectivity index (χ3n) is 2.73. The summed E-state index contributed by atoms with van der Waals surface area (Å²) in [6, 6.07) is 2.11. The minimum Gasteiger partial charge on any atom is -0.492 e. The SMILES string of the molecule is CNCCC1CCCOc2ccsc21.Cl. The van der Waals surface area contributed by atoms with Gasteiger partial charge in [0.15, 0.2) is 0 Å². The van der Waals surface area contributed by atoms with Crippen LogP contribution in [0.3, 0.4) is 0 Å². The summed E-state index contributed by atoms with van der Waals surface area (Å²) < 4.78 is 5.69. The van der Waals surface area contributed by atoms with E-state index in [9.17, 15) is 0 Å². The second-order valence-corrected chi connectivity index (χ2v) is 4.68. The predicted octanol–water partition coefficient (Wildman–Crippen LogP) is 3.04. The van der Waals surface area contributed by atoms with Crippen LogP contribution < -0.4 is 10.1 Å². The van der Waals surface area contributed by atoms with Crippen molar-refractivity contribution in [2.75, 3.05) is 20.2 Å². The number of nitrogens with one attached hydrogen (secondary N) is 1. The van der Waals surface area contributed by atoms with Crippen LogP contribution in [0.5, 0.6) is 5.75 Å². The van der Waals surface area contributed by atoms with E-state index in [0.717, 1.165) is 18.9 Å². The van der Waals surface area contributed by atoms with Gasteiger partial charge in [-0.3, -0.25) is 0 Å². The van der Waals surface area contributed by atoms with Crippen LogP contribution in [-0.2, 0) is 0 Å². The lowest BCUT2D eigenvalue weighted by Gasteiger charge is -2.12. The van der Waals surface area contributed by atoms with Gasteiger partial charge in [-0.05, 0) is 50.2 Å². The molecule has 1 aromatic heterocycles. The van der Waals surface area contributed by atoms with E-state index in [4.69, 9.17) is 4.74 Å². The molecule has 2 heterocycles. The Morgan fingerprint density at radius 1 is 1.60 bits per heavy atom. The molecule has 2 nitrogen and oxygen atoms in total. The van der Waals surface area contributed by atoms with Gasteiger partial charge in [0, 0.05) is 4.88 Å². The number of ether oxygens (including phenoxy) is 1. The van der Waals surface area contributed by atoms with Crippen molar-refractivity contribution >= 4 is 23.7 Å². The fourth-order valence-electron chi connectivity index (χ4n) is 1.96. The van der Waals surface area contributed by atoms with Crippen LogP contribution in [0.1, 0.15) is 30.1 Å². The van der Waals surface area contributed by atoms with Crippen molar-refractivity contribution in [1.82, 2.24) is 5.32 Å². The zero-order valence-corrected chi connectivity index (χ0v) is 10.6. The number of fused-ring (bicyclic) bond motifs is 1. The molecule has 0 aromatic carbocycles. The first-order valence-corrected chi connectivity index (χ1v) is 6.14. The van der Waals surface area contributed by atoms with E-state index in [0.29, 0.717) is 5.92 Å². The van der Waals surface area contributed by atoms with E-state index >= 15 is 0 Å². The highest BCUT2D eigenvalue weighted by molar-refractivity contribution is 7.10. The van der Waals surface area contributed by atoms with Gasteiger partial charge in [0.05, 0.1) is 6.61 Å². The fraction of sp³-hybridized carbons (Fsp3) is 0.636. The molecular formula is C11H18ClNOS. The van der Waals surface area contributed by atoms with Crippen LogP contribution in [0, 0.1) is 0 Å². The standard InChI is InChI=1S/C11H17NOS.ClH/c1-12-6-4-9-3-2-7-13-10-5-8-14-11(9)10;/h5,8-9,12H,2-4,6-7H2,1H3;1H. The zero-order chi connectivity index (χ0) is 9.80. The van der Waals surface area contributed by atoms with Gasteiger partial charge in [-0.2, -0.15) is 0 Å². The van der Waals surface area contributed by atoms with Gasteiger partial charge in [-0.15, -0.1) is 23.7 Å². The molecule has 0 spiro atoms. The average molecular weight is 248 g/mol. The first-order chi connectivity index (χ1) is 6.92. The second kappa shape index (κ2) is 6.36. The summed E-state index contributed by atoms with van der Waals surface area (Å²) in [6.45, 7) is 1.99. The lowest BCUT2D eigenvalue weighted by Crippen LogP contribution is -2.11. The molecule has 0 bridgehead atoms. The lowest BCUT2D eigenvalue weighted by atomic mass is 9.98. The Morgan fingerprint density at radius 3 is 3.27 bits per heavy atom. The maximum atomic E-state index is 5.69. The van der Waals surface area contributed by atoms with Crippen molar-refractivity contribution < 1.29 is 4.74 Å². The molecule has 0 fully saturated rings. The number of hydrogen-bond acceptors (Lipinski definition) is 3. The lowest BCUT2D eigenvalue weighted by molar-refractivity contribution is 0.316. The molecule has 0 radical (unpaired) electrons. The van der Waals surface area contributed by atoms with Gasteiger partial charge in [-0.1, -0.05) is 0 Å². The maximum absolute atomic E-state index is 5.69. The maximum Gasteiger partial charge on any atom is 0.133 e. The molecule has 4 heteroatoms. The topological polar surface area (TPSA) is 21.3 Å². The van der Waals surface area contributed by atoms with E-state index in [2.05, 4.69) is 16.8 Å². The molecule has 86 valence electrons. The predicted molar refractivity (Wildman–Crippen MR) is 67.6 cm³/mol. The molecule has 1 atom stereocenters. The summed E-state index contributed by atoms with van der Waals surface area (Å²) in [5, 5.41) is 5.36. The summed E-state index contributed by atoms with van der Waals surface area (Å²) in [5.41, 5.74) is 0. The Hall–Kier alpha value is -0.250. The largest absolute Gasteiger partial charge is 0.492 e. The van der Waals surface area contributed by atoms with Crippen LogP contribution >= 0.6 is 23.7 Å². The number of rotatable bonds is 3. The molecule has 1 unspecified atom stereocenters. The molecule has 2 rings (SSSR count). The van der Waals surface area contributed by atoms with Crippen LogP contribution in [0.15, 0.2) is 11.4 Å². The Morgan fingerprint density at radius 2 is 2.47 bits per heavy atom. The highest BCUT2D eigenvalue weighted by Crippen LogP contribution is 2.38. The van der Waals surface area contributed by atoms with Crippen LogP contribution in [0.4, 0.5) is 0 Å². The minimum atomic E-state index is 0. The number of thiophene rings is 1. The van der Waals surface area contributed by atoms with Gasteiger partial charge in [0.2, 0.25) is 0 Å². The molecule has 0 saturated carbocycles. The summed E-state index contributed by atoms with van der Waals surface area (Å²) in [4.78, 5) is 1.46. The third kappa shape index (κ3) is 3.10. The first-order valence-electron chi connectivity index (χ1n) is 5.26. The highest BCUT2D eigenvalue weighted by Gasteiger charge is 2.20. The Labute approximate surface area is 101 Å². The van der Waals surface area contributed by atoms with Gasteiger partial charge < -0.3 is 10.1 Å². The van der Waals surface area contributed by atoms with Crippen molar-refractivity contribution in [2.45, 2.75) is 25.2 Å². The van der Waals surface area contributed by atoms with Gasteiger partial charge in [0.25, 0.3) is 0 Å². The monoisotopic (exact) mass is 247 g/mol. The fourth-order valence-corrected chi connectivity index (χ4v) is 2.97. The van der Waals surface area contributed by atoms with Crippen LogP contribution in [0.2, 0.25) is 0 Å². The van der Waals surface area contributed by atoms with E-state index in [1.54, 1.807) is 0 Å².